The van der Waals surface area contributed by atoms with Crippen LogP contribution >= 0.6 is 27.5 Å². The summed E-state index contributed by atoms with van der Waals surface area (Å²) in [4.78, 5) is 0. The number of aliphatic hydroxyl groups is 1. The molecule has 0 saturated carbocycles. The van der Waals surface area contributed by atoms with Crippen molar-refractivity contribution in [1.29, 1.82) is 0 Å². The van der Waals surface area contributed by atoms with E-state index in [2.05, 4.69) is 29.8 Å². The second-order valence-electron chi connectivity index (χ2n) is 4.77. The molecule has 4 heteroatoms. The molecule has 0 radical (unpaired) electrons. The van der Waals surface area contributed by atoms with Crippen LogP contribution in [0.5, 0.6) is 5.75 Å². The molecule has 1 aromatic carbocycles. The van der Waals surface area contributed by atoms with E-state index in [1.807, 2.05) is 0 Å². The van der Waals surface area contributed by atoms with Crippen LogP contribution in [0.1, 0.15) is 51.2 Å². The van der Waals surface area contributed by atoms with Crippen molar-refractivity contribution >= 4 is 27.5 Å². The van der Waals surface area contributed by atoms with Gasteiger partial charge in [-0.15, -0.1) is 0 Å². The van der Waals surface area contributed by atoms with Gasteiger partial charge >= 0.3 is 0 Å². The molecule has 2 atom stereocenters. The van der Waals surface area contributed by atoms with Gasteiger partial charge in [-0.1, -0.05) is 44.7 Å². The fourth-order valence-corrected chi connectivity index (χ4v) is 3.32. The van der Waals surface area contributed by atoms with Crippen LogP contribution in [0.25, 0.3) is 0 Å². The third-order valence-corrected chi connectivity index (χ3v) is 4.27. The molecule has 0 fully saturated rings. The molecule has 0 amide bonds. The molecule has 0 aliphatic rings. The van der Waals surface area contributed by atoms with E-state index in [1.165, 1.54) is 0 Å². The summed E-state index contributed by atoms with van der Waals surface area (Å²) in [5.41, 5.74) is 0.768. The molecule has 1 N–H and O–H groups in total. The largest absolute Gasteiger partial charge is 0.495 e. The minimum Gasteiger partial charge on any atom is -0.495 e. The lowest BCUT2D eigenvalue weighted by Gasteiger charge is -2.24. The van der Waals surface area contributed by atoms with Crippen LogP contribution in [0.2, 0.25) is 5.02 Å². The molecular weight excluding hydrogens is 328 g/mol. The summed E-state index contributed by atoms with van der Waals surface area (Å²) in [6.45, 7) is 4.27. The molecule has 0 aromatic heterocycles. The summed E-state index contributed by atoms with van der Waals surface area (Å²) < 4.78 is 6.17. The molecule has 2 nitrogen and oxygen atoms in total. The second-order valence-corrected chi connectivity index (χ2v) is 6.06. The van der Waals surface area contributed by atoms with Crippen LogP contribution in [0.4, 0.5) is 0 Å². The number of aliphatic hydroxyl groups excluding tert-OH is 1. The molecule has 19 heavy (non-hydrogen) atoms. The van der Waals surface area contributed by atoms with Gasteiger partial charge in [-0.25, -0.2) is 0 Å². The highest BCUT2D eigenvalue weighted by Gasteiger charge is 2.23. The van der Waals surface area contributed by atoms with Gasteiger partial charge in [-0.2, -0.15) is 0 Å². The van der Waals surface area contributed by atoms with E-state index >= 15 is 0 Å². The van der Waals surface area contributed by atoms with Crippen molar-refractivity contribution in [3.8, 4) is 5.75 Å². The van der Waals surface area contributed by atoms with Crippen molar-refractivity contribution < 1.29 is 9.84 Å². The van der Waals surface area contributed by atoms with Crippen LogP contribution in [0.15, 0.2) is 16.6 Å². The minimum atomic E-state index is -0.540. The molecule has 0 heterocycles. The topological polar surface area (TPSA) is 29.5 Å². The standard InChI is InChI=1S/C15H22BrClO2/c1-4-6-7-10(5-2)14(18)12-8-11(17)9-13(16)15(12)19-3/h8-10,14,18H,4-7H2,1-3H3. The van der Waals surface area contributed by atoms with Crippen LogP contribution < -0.4 is 4.74 Å². The van der Waals surface area contributed by atoms with Gasteiger partial charge in [0.05, 0.1) is 17.7 Å². The van der Waals surface area contributed by atoms with Crippen LogP contribution in [-0.4, -0.2) is 12.2 Å². The first-order valence-electron chi connectivity index (χ1n) is 6.76. The van der Waals surface area contributed by atoms with Gasteiger partial charge < -0.3 is 9.84 Å². The quantitative estimate of drug-likeness (QED) is 0.718. The van der Waals surface area contributed by atoms with Crippen molar-refractivity contribution in [3.63, 3.8) is 0 Å². The Balaban J connectivity index is 3.05. The molecule has 1 aromatic rings. The molecule has 0 spiro atoms. The zero-order valence-electron chi connectivity index (χ0n) is 11.7. The van der Waals surface area contributed by atoms with E-state index in [0.29, 0.717) is 10.8 Å². The van der Waals surface area contributed by atoms with Crippen molar-refractivity contribution in [1.82, 2.24) is 0 Å². The number of benzene rings is 1. The van der Waals surface area contributed by atoms with Gasteiger partial charge in [0.1, 0.15) is 5.75 Å². The highest BCUT2D eigenvalue weighted by Crippen LogP contribution is 2.40. The first-order chi connectivity index (χ1) is 9.04. The Bertz CT molecular complexity index is 409. The summed E-state index contributed by atoms with van der Waals surface area (Å²) in [6.07, 6.45) is 3.68. The average Bonchev–Trinajstić information content (AvgIpc) is 2.38. The molecule has 108 valence electrons. The van der Waals surface area contributed by atoms with E-state index in [4.69, 9.17) is 16.3 Å². The molecule has 0 aliphatic carbocycles. The highest BCUT2D eigenvalue weighted by molar-refractivity contribution is 9.10. The Morgan fingerprint density at radius 2 is 2.05 bits per heavy atom. The first-order valence-corrected chi connectivity index (χ1v) is 7.93. The third kappa shape index (κ3) is 4.37. The Labute approximate surface area is 129 Å². The van der Waals surface area contributed by atoms with Crippen LogP contribution in [-0.2, 0) is 0 Å². The fraction of sp³-hybridized carbons (Fsp3) is 0.600. The molecule has 2 unspecified atom stereocenters. The van der Waals surface area contributed by atoms with Gasteiger partial charge in [0, 0.05) is 10.6 Å². The predicted octanol–water partition coefficient (Wildman–Crippen LogP) is 5.36. The second kappa shape index (κ2) is 8.13. The highest BCUT2D eigenvalue weighted by atomic mass is 79.9. The van der Waals surface area contributed by atoms with Gasteiger partial charge in [-0.3, -0.25) is 0 Å². The molecular formula is C15H22BrClO2. The van der Waals surface area contributed by atoms with Crippen LogP contribution in [0, 0.1) is 5.92 Å². The molecule has 0 bridgehead atoms. The van der Waals surface area contributed by atoms with Crippen molar-refractivity contribution in [2.45, 2.75) is 45.6 Å². The van der Waals surface area contributed by atoms with Crippen molar-refractivity contribution in [2.24, 2.45) is 5.92 Å². The average molecular weight is 350 g/mol. The number of unbranched alkanes of at least 4 members (excludes halogenated alkanes) is 1. The lowest BCUT2D eigenvalue weighted by molar-refractivity contribution is 0.0961. The van der Waals surface area contributed by atoms with Gasteiger partial charge in [0.25, 0.3) is 0 Å². The number of methoxy groups -OCH3 is 1. The van der Waals surface area contributed by atoms with Crippen LogP contribution in [0.3, 0.4) is 0 Å². The SMILES string of the molecule is CCCCC(CC)C(O)c1cc(Cl)cc(Br)c1OC. The van der Waals surface area contributed by atoms with E-state index in [9.17, 15) is 5.11 Å². The minimum absolute atomic E-state index is 0.235. The first kappa shape index (κ1) is 16.8. The van der Waals surface area contributed by atoms with Gasteiger partial charge in [-0.05, 0) is 40.4 Å². The number of hydrogen-bond acceptors (Lipinski definition) is 2. The predicted molar refractivity (Wildman–Crippen MR) is 84.0 cm³/mol. The Kier molecular flexibility index (Phi) is 7.19. The van der Waals surface area contributed by atoms with Crippen molar-refractivity contribution in [3.05, 3.63) is 27.2 Å². The fourth-order valence-electron chi connectivity index (χ4n) is 2.32. The molecule has 0 saturated heterocycles. The summed E-state index contributed by atoms with van der Waals surface area (Å²) >= 11 is 9.51. The smallest absolute Gasteiger partial charge is 0.138 e. The Morgan fingerprint density at radius 3 is 2.58 bits per heavy atom. The lowest BCUT2D eigenvalue weighted by Crippen LogP contribution is -2.13. The summed E-state index contributed by atoms with van der Waals surface area (Å²) in [5, 5.41) is 11.2. The van der Waals surface area contributed by atoms with Crippen molar-refractivity contribution in [2.75, 3.05) is 7.11 Å². The number of hydrogen-bond donors (Lipinski definition) is 1. The third-order valence-electron chi connectivity index (χ3n) is 3.46. The van der Waals surface area contributed by atoms with E-state index < -0.39 is 6.10 Å². The summed E-state index contributed by atoms with van der Waals surface area (Å²) in [6, 6.07) is 3.58. The number of ether oxygens (including phenoxy) is 1. The lowest BCUT2D eigenvalue weighted by atomic mass is 9.89. The molecule has 1 rings (SSSR count). The molecule has 0 aliphatic heterocycles. The van der Waals surface area contributed by atoms with E-state index in [1.54, 1.807) is 19.2 Å². The zero-order chi connectivity index (χ0) is 14.4. The normalized spacial score (nSPS) is 14.2. The maximum absolute atomic E-state index is 10.6. The maximum Gasteiger partial charge on any atom is 0.138 e. The van der Waals surface area contributed by atoms with Gasteiger partial charge in [0.2, 0.25) is 0 Å². The number of halogens is 2. The summed E-state index contributed by atoms with van der Waals surface area (Å²) in [7, 11) is 1.61. The maximum atomic E-state index is 10.6. The Hall–Kier alpha value is -0.250. The summed E-state index contributed by atoms with van der Waals surface area (Å²) in [5.74, 6) is 0.908. The number of rotatable bonds is 7. The van der Waals surface area contributed by atoms with Gasteiger partial charge in [0.15, 0.2) is 0 Å². The van der Waals surface area contributed by atoms with E-state index in [0.717, 1.165) is 35.7 Å². The van der Waals surface area contributed by atoms with E-state index in [-0.39, 0.29) is 5.92 Å². The monoisotopic (exact) mass is 348 g/mol. The zero-order valence-corrected chi connectivity index (χ0v) is 14.1. The Morgan fingerprint density at radius 1 is 1.37 bits per heavy atom.